The van der Waals surface area contributed by atoms with Crippen molar-refractivity contribution in [2.75, 3.05) is 40.9 Å². The minimum atomic E-state index is 0.101. The Labute approximate surface area is 220 Å². The van der Waals surface area contributed by atoms with Crippen molar-refractivity contribution in [2.45, 2.75) is 38.1 Å². The van der Waals surface area contributed by atoms with Crippen LogP contribution in [0.1, 0.15) is 42.0 Å². The number of aromatic nitrogens is 4. The largest absolute Gasteiger partial charge is 0.355 e. The van der Waals surface area contributed by atoms with E-state index in [1.165, 1.54) is 16.7 Å². The molecule has 8 rings (SSSR count). The molecule has 2 aromatic carbocycles. The lowest BCUT2D eigenvalue weighted by Crippen LogP contribution is -2.45. The number of carbonyl (C=O) groups excluding carboxylic acids is 1. The van der Waals surface area contributed by atoms with E-state index in [0.29, 0.717) is 25.2 Å². The van der Waals surface area contributed by atoms with Crippen molar-refractivity contribution in [1.82, 2.24) is 20.2 Å². The van der Waals surface area contributed by atoms with Gasteiger partial charge in [0.05, 0.1) is 17.6 Å². The lowest BCUT2D eigenvalue weighted by molar-refractivity contribution is -0.118. The number of nitrogens with one attached hydrogen (secondary N) is 1. The highest BCUT2D eigenvalue weighted by molar-refractivity contribution is 6.03. The number of carbonyl (C=O) groups is 1. The van der Waals surface area contributed by atoms with Gasteiger partial charge in [-0.3, -0.25) is 9.89 Å². The Hall–Kier alpha value is -3.98. The van der Waals surface area contributed by atoms with E-state index in [0.717, 1.165) is 67.3 Å². The first-order valence-corrected chi connectivity index (χ1v) is 13.6. The quantitative estimate of drug-likeness (QED) is 0.428. The van der Waals surface area contributed by atoms with Gasteiger partial charge in [0, 0.05) is 38.6 Å². The number of H-pyrrole nitrogens is 1. The minimum Gasteiger partial charge on any atom is -0.355 e. The van der Waals surface area contributed by atoms with Crippen LogP contribution in [0.4, 0.5) is 23.0 Å². The molecule has 0 saturated carbocycles. The summed E-state index contributed by atoms with van der Waals surface area (Å²) in [6.45, 7) is 3.14. The third kappa shape index (κ3) is 3.08. The van der Waals surface area contributed by atoms with Crippen LogP contribution in [-0.4, -0.2) is 52.3 Å². The summed E-state index contributed by atoms with van der Waals surface area (Å²) in [6.07, 6.45) is 6.38. The molecule has 2 aromatic heterocycles. The number of anilines is 4. The topological polar surface area (TPSA) is 107 Å². The van der Waals surface area contributed by atoms with E-state index in [9.17, 15) is 4.79 Å². The molecule has 9 heteroatoms. The summed E-state index contributed by atoms with van der Waals surface area (Å²) in [5.41, 5.74) is 14.3. The smallest absolute Gasteiger partial charge is 0.227 e. The maximum absolute atomic E-state index is 12.6. The fraction of sp³-hybridized carbons (Fsp3) is 0.379. The molecule has 4 aromatic rings. The summed E-state index contributed by atoms with van der Waals surface area (Å²) in [6, 6.07) is 15.0. The highest BCUT2D eigenvalue weighted by Crippen LogP contribution is 2.51. The SMILES string of the molecule is NC1c2ccccc2CC12CCN(c1cnc3c(N4CCN5C(=O)CCc6cccc4c65)n[nH]c3n1)CC2. The summed E-state index contributed by atoms with van der Waals surface area (Å²) < 4.78 is 0. The van der Waals surface area contributed by atoms with Gasteiger partial charge in [-0.15, -0.1) is 0 Å². The summed E-state index contributed by atoms with van der Waals surface area (Å²) in [5, 5.41) is 7.78. The minimum absolute atomic E-state index is 0.101. The number of rotatable bonds is 2. The van der Waals surface area contributed by atoms with Crippen molar-refractivity contribution in [3.8, 4) is 0 Å². The Kier molecular flexibility index (Phi) is 4.65. The maximum Gasteiger partial charge on any atom is 0.227 e. The molecule has 1 fully saturated rings. The molecule has 3 N–H and O–H groups in total. The van der Waals surface area contributed by atoms with E-state index < -0.39 is 0 Å². The highest BCUT2D eigenvalue weighted by atomic mass is 16.2. The molecule has 0 radical (unpaired) electrons. The lowest BCUT2D eigenvalue weighted by Gasteiger charge is -2.42. The van der Waals surface area contributed by atoms with Crippen LogP contribution in [0.25, 0.3) is 11.2 Å². The number of nitrogens with two attached hydrogens (primary N) is 1. The number of aryl methyl sites for hydroxylation is 1. The molecule has 4 aliphatic rings. The molecule has 1 saturated heterocycles. The number of nitrogens with zero attached hydrogens (tertiary/aromatic N) is 6. The first kappa shape index (κ1) is 22.0. The van der Waals surface area contributed by atoms with Crippen LogP contribution in [0.3, 0.4) is 0 Å². The van der Waals surface area contributed by atoms with Crippen molar-refractivity contribution >= 4 is 40.1 Å². The average molecular weight is 507 g/mol. The number of piperidine rings is 1. The predicted molar refractivity (Wildman–Crippen MR) is 147 cm³/mol. The van der Waals surface area contributed by atoms with Gasteiger partial charge >= 0.3 is 0 Å². The van der Waals surface area contributed by atoms with Crippen LogP contribution in [0.15, 0.2) is 48.7 Å². The van der Waals surface area contributed by atoms with E-state index >= 15 is 0 Å². The number of amides is 1. The van der Waals surface area contributed by atoms with Crippen molar-refractivity contribution in [3.63, 3.8) is 0 Å². The Bertz CT molecular complexity index is 1590. The summed E-state index contributed by atoms with van der Waals surface area (Å²) in [4.78, 5) is 28.8. The number of para-hydroxylation sites is 1. The van der Waals surface area contributed by atoms with E-state index in [-0.39, 0.29) is 17.4 Å². The van der Waals surface area contributed by atoms with Crippen molar-refractivity contribution < 1.29 is 4.79 Å². The Morgan fingerprint density at radius 1 is 0.947 bits per heavy atom. The normalized spacial score (nSPS) is 21.8. The number of hydrogen-bond donors (Lipinski definition) is 2. The first-order chi connectivity index (χ1) is 18.6. The lowest BCUT2D eigenvalue weighted by atomic mass is 9.73. The zero-order valence-electron chi connectivity index (χ0n) is 21.2. The van der Waals surface area contributed by atoms with Crippen LogP contribution in [0, 0.1) is 5.41 Å². The molecule has 5 heterocycles. The van der Waals surface area contributed by atoms with Crippen molar-refractivity contribution in [3.05, 3.63) is 65.4 Å². The van der Waals surface area contributed by atoms with E-state index in [1.54, 1.807) is 0 Å². The molecule has 1 amide bonds. The number of fused-ring (bicyclic) bond motifs is 2. The summed E-state index contributed by atoms with van der Waals surface area (Å²) in [5.74, 6) is 1.84. The monoisotopic (exact) mass is 506 g/mol. The van der Waals surface area contributed by atoms with E-state index in [1.807, 2.05) is 11.1 Å². The zero-order chi connectivity index (χ0) is 25.4. The number of hydrogen-bond acceptors (Lipinski definition) is 7. The second-order valence-electron chi connectivity index (χ2n) is 11.2. The maximum atomic E-state index is 12.6. The van der Waals surface area contributed by atoms with Crippen LogP contribution in [0.5, 0.6) is 0 Å². The van der Waals surface area contributed by atoms with Gasteiger partial charge in [0.1, 0.15) is 5.82 Å². The molecule has 192 valence electrons. The Morgan fingerprint density at radius 3 is 2.63 bits per heavy atom. The first-order valence-electron chi connectivity index (χ1n) is 13.6. The molecule has 38 heavy (non-hydrogen) atoms. The number of aromatic amines is 1. The van der Waals surface area contributed by atoms with Crippen molar-refractivity contribution in [2.24, 2.45) is 11.1 Å². The second kappa shape index (κ2) is 8.01. The van der Waals surface area contributed by atoms with E-state index in [2.05, 4.69) is 62.5 Å². The third-order valence-corrected chi connectivity index (χ3v) is 9.29. The standard InChI is InChI=1S/C29H30N8O/c30-26-20-6-2-1-4-19(20)16-29(26)10-12-35(13-11-29)22-17-31-24-27(32-22)33-34-28(24)36-14-15-37-23(38)9-8-18-5-3-7-21(36)25(18)37/h1-7,17,26H,8-16,30H2,(H,32,33,34). The van der Waals surface area contributed by atoms with Crippen molar-refractivity contribution in [1.29, 1.82) is 0 Å². The molecule has 3 aliphatic heterocycles. The molecular formula is C29H30N8O. The van der Waals surface area contributed by atoms with Gasteiger partial charge in [0.2, 0.25) is 5.91 Å². The summed E-state index contributed by atoms with van der Waals surface area (Å²) >= 11 is 0. The fourth-order valence-electron chi connectivity index (χ4n) is 7.19. The Morgan fingerprint density at radius 2 is 1.76 bits per heavy atom. The van der Waals surface area contributed by atoms with Crippen LogP contribution in [0.2, 0.25) is 0 Å². The molecular weight excluding hydrogens is 476 g/mol. The van der Waals surface area contributed by atoms with E-state index in [4.69, 9.17) is 15.7 Å². The van der Waals surface area contributed by atoms with Gasteiger partial charge in [-0.2, -0.15) is 5.10 Å². The third-order valence-electron chi connectivity index (χ3n) is 9.29. The van der Waals surface area contributed by atoms with Crippen LogP contribution in [-0.2, 0) is 17.6 Å². The average Bonchev–Trinajstić information content (AvgIpc) is 3.49. The van der Waals surface area contributed by atoms with Gasteiger partial charge in [-0.1, -0.05) is 36.4 Å². The van der Waals surface area contributed by atoms with Crippen LogP contribution >= 0.6 is 0 Å². The molecule has 1 unspecified atom stereocenters. The molecule has 1 aliphatic carbocycles. The summed E-state index contributed by atoms with van der Waals surface area (Å²) in [7, 11) is 0. The zero-order valence-corrected chi connectivity index (χ0v) is 21.2. The van der Waals surface area contributed by atoms with Gasteiger partial charge < -0.3 is 20.4 Å². The predicted octanol–water partition coefficient (Wildman–Crippen LogP) is 3.63. The Balaban J connectivity index is 1.06. The molecule has 1 atom stereocenters. The van der Waals surface area contributed by atoms with Gasteiger partial charge in [0.15, 0.2) is 17.0 Å². The highest BCUT2D eigenvalue weighted by Gasteiger charge is 2.46. The molecule has 1 spiro atoms. The van der Waals surface area contributed by atoms with Crippen LogP contribution < -0.4 is 20.4 Å². The van der Waals surface area contributed by atoms with Gasteiger partial charge in [-0.05, 0) is 53.9 Å². The molecule has 0 bridgehead atoms. The second-order valence-corrected chi connectivity index (χ2v) is 11.2. The van der Waals surface area contributed by atoms with Gasteiger partial charge in [0.25, 0.3) is 0 Å². The van der Waals surface area contributed by atoms with Gasteiger partial charge in [-0.25, -0.2) is 9.97 Å². The number of benzene rings is 2. The fourth-order valence-corrected chi connectivity index (χ4v) is 7.19. The molecule has 9 nitrogen and oxygen atoms in total.